The first-order valence-corrected chi connectivity index (χ1v) is 11.1. The van der Waals surface area contributed by atoms with Gasteiger partial charge in [-0.25, -0.2) is 8.42 Å². The molecule has 3 rings (SSSR count). The van der Waals surface area contributed by atoms with Crippen molar-refractivity contribution in [3.05, 3.63) is 34.9 Å². The summed E-state index contributed by atoms with van der Waals surface area (Å²) in [6.45, 7) is 0.201. The van der Waals surface area contributed by atoms with Gasteiger partial charge in [0.15, 0.2) is 9.84 Å². The highest BCUT2D eigenvalue weighted by Crippen LogP contribution is 2.26. The van der Waals surface area contributed by atoms with Crippen LogP contribution in [0.3, 0.4) is 0 Å². The first kappa shape index (κ1) is 19.2. The van der Waals surface area contributed by atoms with E-state index in [2.05, 4.69) is 5.32 Å². The maximum Gasteiger partial charge on any atom is 0.286 e. The number of imide groups is 1. The molecule has 2 atom stereocenters. The number of hydrogen-bond donors (Lipinski definition) is 1. The van der Waals surface area contributed by atoms with Crippen molar-refractivity contribution in [1.29, 1.82) is 0 Å². The molecule has 0 aromatic heterocycles. The average Bonchev–Trinajstić information content (AvgIpc) is 3.06. The van der Waals surface area contributed by atoms with Gasteiger partial charge in [0.2, 0.25) is 11.8 Å². The van der Waals surface area contributed by atoms with E-state index in [1.54, 1.807) is 24.3 Å². The lowest BCUT2D eigenvalue weighted by Gasteiger charge is -2.29. The third-order valence-electron chi connectivity index (χ3n) is 4.34. The van der Waals surface area contributed by atoms with Crippen LogP contribution >= 0.6 is 23.4 Å². The summed E-state index contributed by atoms with van der Waals surface area (Å²) in [5.41, 5.74) is 0.773. The molecule has 1 N–H and O–H groups in total. The lowest BCUT2D eigenvalue weighted by atomic mass is 10.1. The van der Waals surface area contributed by atoms with Crippen molar-refractivity contribution in [2.24, 2.45) is 0 Å². The van der Waals surface area contributed by atoms with Crippen LogP contribution in [0.1, 0.15) is 18.4 Å². The molecular weight excluding hydrogens is 400 g/mol. The molecule has 10 heteroatoms. The van der Waals surface area contributed by atoms with Crippen molar-refractivity contribution < 1.29 is 22.8 Å². The largest absolute Gasteiger partial charge is 0.334 e. The van der Waals surface area contributed by atoms with Crippen LogP contribution in [0.15, 0.2) is 24.3 Å². The summed E-state index contributed by atoms with van der Waals surface area (Å²) < 4.78 is 23.7. The smallest absolute Gasteiger partial charge is 0.286 e. The fraction of sp³-hybridized carbons (Fsp3) is 0.438. The summed E-state index contributed by atoms with van der Waals surface area (Å²) in [5, 5.41) is 1.41. The van der Waals surface area contributed by atoms with Crippen LogP contribution in [0.2, 0.25) is 5.02 Å². The number of carbonyl (C=O) groups is 3. The number of sulfone groups is 1. The Labute approximate surface area is 160 Å². The molecule has 26 heavy (non-hydrogen) atoms. The van der Waals surface area contributed by atoms with E-state index in [-0.39, 0.29) is 30.4 Å². The minimum atomic E-state index is -3.18. The number of nitrogens with one attached hydrogen (secondary N) is 1. The first-order valence-electron chi connectivity index (χ1n) is 7.99. The number of amides is 3. The quantitative estimate of drug-likeness (QED) is 0.782. The van der Waals surface area contributed by atoms with E-state index in [9.17, 15) is 22.8 Å². The molecule has 0 spiro atoms. The molecule has 0 bridgehead atoms. The molecule has 2 saturated heterocycles. The summed E-state index contributed by atoms with van der Waals surface area (Å²) in [6, 6.07) is 6.53. The molecule has 3 amide bonds. The van der Waals surface area contributed by atoms with E-state index in [1.807, 2.05) is 0 Å². The van der Waals surface area contributed by atoms with Gasteiger partial charge in [-0.15, -0.1) is 0 Å². The van der Waals surface area contributed by atoms with Gasteiger partial charge in [-0.1, -0.05) is 35.5 Å². The van der Waals surface area contributed by atoms with Gasteiger partial charge in [0.25, 0.3) is 5.24 Å². The number of carbonyl (C=O) groups excluding carboxylic acids is 3. The molecule has 2 heterocycles. The number of nitrogens with zero attached hydrogens (tertiary/aromatic N) is 1. The van der Waals surface area contributed by atoms with Crippen LogP contribution in [-0.4, -0.2) is 53.2 Å². The summed E-state index contributed by atoms with van der Waals surface area (Å²) in [4.78, 5) is 37.4. The third kappa shape index (κ3) is 4.57. The standard InChI is InChI=1S/C16H17ClN2O5S2/c17-11-3-1-2-10(6-11)8-19(12-4-5-26(23,24)9-12)14(20)7-13-15(21)18-16(22)25-13/h1-3,6,12-13H,4-5,7-9H2,(H,18,21,22). The lowest BCUT2D eigenvalue weighted by Crippen LogP contribution is -2.42. The summed E-state index contributed by atoms with van der Waals surface area (Å²) in [6.07, 6.45) is 0.205. The Morgan fingerprint density at radius 3 is 2.69 bits per heavy atom. The Bertz CT molecular complexity index is 858. The topological polar surface area (TPSA) is 101 Å². The van der Waals surface area contributed by atoms with E-state index >= 15 is 0 Å². The molecule has 0 radical (unpaired) electrons. The predicted molar refractivity (Wildman–Crippen MR) is 98.6 cm³/mol. The Kier molecular flexibility index (Phi) is 5.59. The highest BCUT2D eigenvalue weighted by Gasteiger charge is 2.38. The van der Waals surface area contributed by atoms with Gasteiger partial charge in [-0.2, -0.15) is 0 Å². The van der Waals surface area contributed by atoms with E-state index in [0.29, 0.717) is 11.4 Å². The van der Waals surface area contributed by atoms with Crippen LogP contribution in [0, 0.1) is 0 Å². The molecule has 0 aliphatic carbocycles. The van der Waals surface area contributed by atoms with Crippen molar-refractivity contribution in [2.75, 3.05) is 11.5 Å². The molecular formula is C16H17ClN2O5S2. The van der Waals surface area contributed by atoms with Crippen molar-refractivity contribution in [3.63, 3.8) is 0 Å². The zero-order valence-electron chi connectivity index (χ0n) is 13.7. The van der Waals surface area contributed by atoms with Crippen LogP contribution in [0.25, 0.3) is 0 Å². The Hall–Kier alpha value is -1.58. The number of rotatable bonds is 5. The second kappa shape index (κ2) is 7.58. The molecule has 2 aliphatic heterocycles. The normalized spacial score (nSPS) is 24.5. The average molecular weight is 417 g/mol. The highest BCUT2D eigenvalue weighted by molar-refractivity contribution is 8.15. The second-order valence-electron chi connectivity index (χ2n) is 6.30. The van der Waals surface area contributed by atoms with Crippen molar-refractivity contribution in [3.8, 4) is 0 Å². The fourth-order valence-electron chi connectivity index (χ4n) is 3.08. The van der Waals surface area contributed by atoms with Gasteiger partial charge in [0.05, 0.1) is 11.5 Å². The molecule has 0 saturated carbocycles. The second-order valence-corrected chi connectivity index (χ2v) is 10.1. The van der Waals surface area contributed by atoms with Crippen LogP contribution < -0.4 is 5.32 Å². The highest BCUT2D eigenvalue weighted by atomic mass is 35.5. The zero-order chi connectivity index (χ0) is 18.9. The summed E-state index contributed by atoms with van der Waals surface area (Å²) in [7, 11) is -3.18. The zero-order valence-corrected chi connectivity index (χ0v) is 16.1. The molecule has 2 unspecified atom stereocenters. The van der Waals surface area contributed by atoms with Crippen molar-refractivity contribution >= 4 is 50.3 Å². The van der Waals surface area contributed by atoms with Crippen LogP contribution in [-0.2, 0) is 26.0 Å². The fourth-order valence-corrected chi connectivity index (χ4v) is 5.83. The molecule has 2 fully saturated rings. The molecule has 2 aliphatic rings. The minimum absolute atomic E-state index is 0.0359. The lowest BCUT2D eigenvalue weighted by molar-refractivity contribution is -0.135. The van der Waals surface area contributed by atoms with Gasteiger partial charge in [0, 0.05) is 24.0 Å². The SMILES string of the molecule is O=C1NC(=O)C(CC(=O)N(Cc2cccc(Cl)c2)C2CCS(=O)(=O)C2)S1. The Morgan fingerprint density at radius 2 is 2.12 bits per heavy atom. The van der Waals surface area contributed by atoms with E-state index in [1.165, 1.54) is 4.90 Å². The Morgan fingerprint density at radius 1 is 1.35 bits per heavy atom. The van der Waals surface area contributed by atoms with Crippen molar-refractivity contribution in [2.45, 2.75) is 30.7 Å². The first-order chi connectivity index (χ1) is 12.2. The van der Waals surface area contributed by atoms with E-state index < -0.39 is 32.3 Å². The van der Waals surface area contributed by atoms with Gasteiger partial charge in [-0.3, -0.25) is 19.7 Å². The van der Waals surface area contributed by atoms with Gasteiger partial charge < -0.3 is 4.90 Å². The van der Waals surface area contributed by atoms with Gasteiger partial charge in [-0.05, 0) is 24.1 Å². The van der Waals surface area contributed by atoms with Crippen LogP contribution in [0.4, 0.5) is 4.79 Å². The van der Waals surface area contributed by atoms with Gasteiger partial charge in [0.1, 0.15) is 5.25 Å². The number of benzene rings is 1. The number of halogens is 1. The molecule has 1 aromatic carbocycles. The minimum Gasteiger partial charge on any atom is -0.334 e. The Balaban J connectivity index is 1.79. The van der Waals surface area contributed by atoms with E-state index in [4.69, 9.17) is 11.6 Å². The van der Waals surface area contributed by atoms with Crippen LogP contribution in [0.5, 0.6) is 0 Å². The third-order valence-corrected chi connectivity index (χ3v) is 7.31. The molecule has 1 aromatic rings. The molecule has 7 nitrogen and oxygen atoms in total. The van der Waals surface area contributed by atoms with Gasteiger partial charge >= 0.3 is 0 Å². The molecule has 140 valence electrons. The van der Waals surface area contributed by atoms with E-state index in [0.717, 1.165) is 17.3 Å². The summed E-state index contributed by atoms with van der Waals surface area (Å²) in [5.74, 6) is -0.902. The number of thioether (sulfide) groups is 1. The summed E-state index contributed by atoms with van der Waals surface area (Å²) >= 11 is 6.78. The predicted octanol–water partition coefficient (Wildman–Crippen LogP) is 1.60. The van der Waals surface area contributed by atoms with Crippen molar-refractivity contribution in [1.82, 2.24) is 10.2 Å². The monoisotopic (exact) mass is 416 g/mol. The maximum atomic E-state index is 12.8. The number of hydrogen-bond acceptors (Lipinski definition) is 6. The maximum absolute atomic E-state index is 12.8.